The highest BCUT2D eigenvalue weighted by molar-refractivity contribution is 5.81. The number of hydrogen-bond donors (Lipinski definition) is 1. The van der Waals surface area contributed by atoms with E-state index in [1.807, 2.05) is 49.4 Å². The van der Waals surface area contributed by atoms with Gasteiger partial charge < -0.3 is 0 Å². The molecule has 0 spiro atoms. The number of fused-ring (bicyclic) bond motifs is 2. The largest absolute Gasteiger partial charge is 0.278 e. The van der Waals surface area contributed by atoms with E-state index in [0.717, 1.165) is 27.9 Å². The molecule has 0 fully saturated rings. The van der Waals surface area contributed by atoms with Gasteiger partial charge in [0.25, 0.3) is 5.56 Å². The molecule has 0 radical (unpaired) electrons. The van der Waals surface area contributed by atoms with Crippen LogP contribution in [0, 0.1) is 0 Å². The molecular formula is C17H14N4O. The first-order valence-electron chi connectivity index (χ1n) is 7.22. The number of aryl methyl sites for hydroxylation is 1. The van der Waals surface area contributed by atoms with Crippen molar-refractivity contribution in [3.8, 4) is 5.69 Å². The van der Waals surface area contributed by atoms with Crippen molar-refractivity contribution in [3.05, 3.63) is 64.8 Å². The second-order valence-electron chi connectivity index (χ2n) is 5.18. The van der Waals surface area contributed by atoms with Crippen molar-refractivity contribution in [1.82, 2.24) is 19.7 Å². The first-order valence-corrected chi connectivity index (χ1v) is 7.22. The number of H-pyrrole nitrogens is 1. The van der Waals surface area contributed by atoms with E-state index in [1.54, 1.807) is 10.8 Å². The third kappa shape index (κ3) is 1.83. The smallest absolute Gasteiger partial charge is 0.265 e. The fourth-order valence-electron chi connectivity index (χ4n) is 2.75. The first-order chi connectivity index (χ1) is 10.8. The van der Waals surface area contributed by atoms with Gasteiger partial charge in [0.1, 0.15) is 5.82 Å². The van der Waals surface area contributed by atoms with Crippen LogP contribution in [0.1, 0.15) is 12.7 Å². The van der Waals surface area contributed by atoms with Crippen molar-refractivity contribution in [2.75, 3.05) is 0 Å². The van der Waals surface area contributed by atoms with E-state index < -0.39 is 0 Å². The Hall–Kier alpha value is -2.95. The highest BCUT2D eigenvalue weighted by Gasteiger charge is 2.11. The van der Waals surface area contributed by atoms with Gasteiger partial charge in [0, 0.05) is 11.8 Å². The highest BCUT2D eigenvalue weighted by atomic mass is 16.1. The summed E-state index contributed by atoms with van der Waals surface area (Å²) in [7, 11) is 0. The summed E-state index contributed by atoms with van der Waals surface area (Å²) in [6.07, 6.45) is 2.44. The maximum Gasteiger partial charge on any atom is 0.265 e. The van der Waals surface area contributed by atoms with Crippen LogP contribution in [0.5, 0.6) is 0 Å². The number of hydrogen-bond acceptors (Lipinski definition) is 3. The van der Waals surface area contributed by atoms with Crippen LogP contribution in [-0.2, 0) is 6.42 Å². The first kappa shape index (κ1) is 12.8. The van der Waals surface area contributed by atoms with E-state index in [1.165, 1.54) is 0 Å². The molecule has 0 aliphatic rings. The summed E-state index contributed by atoms with van der Waals surface area (Å²) >= 11 is 0. The maximum atomic E-state index is 12.9. The molecule has 108 valence electrons. The van der Waals surface area contributed by atoms with Gasteiger partial charge in [-0.1, -0.05) is 19.1 Å². The van der Waals surface area contributed by atoms with Crippen LogP contribution in [0.2, 0.25) is 0 Å². The van der Waals surface area contributed by atoms with Crippen LogP contribution >= 0.6 is 0 Å². The molecule has 2 aromatic carbocycles. The van der Waals surface area contributed by atoms with Gasteiger partial charge in [-0.05, 0) is 30.3 Å². The van der Waals surface area contributed by atoms with Crippen LogP contribution in [0.3, 0.4) is 0 Å². The molecule has 0 saturated carbocycles. The Balaban J connectivity index is 2.08. The van der Waals surface area contributed by atoms with Gasteiger partial charge in [-0.15, -0.1) is 0 Å². The predicted octanol–water partition coefficient (Wildman–Crippen LogP) is 2.82. The Kier molecular flexibility index (Phi) is 2.79. The summed E-state index contributed by atoms with van der Waals surface area (Å²) in [4.78, 5) is 17.5. The maximum absolute atomic E-state index is 12.9. The van der Waals surface area contributed by atoms with Crippen molar-refractivity contribution < 1.29 is 0 Å². The van der Waals surface area contributed by atoms with E-state index in [2.05, 4.69) is 15.2 Å². The minimum atomic E-state index is -0.0368. The number of nitrogens with one attached hydrogen (secondary N) is 1. The Morgan fingerprint density at radius 2 is 2.05 bits per heavy atom. The molecule has 0 aliphatic heterocycles. The molecule has 4 rings (SSSR count). The summed E-state index contributed by atoms with van der Waals surface area (Å²) in [5.41, 5.74) is 2.47. The molecule has 0 unspecified atom stereocenters. The van der Waals surface area contributed by atoms with Crippen LogP contribution in [-0.4, -0.2) is 19.7 Å². The second-order valence-corrected chi connectivity index (χ2v) is 5.18. The molecule has 0 saturated heterocycles. The number of aromatic nitrogens is 4. The quantitative estimate of drug-likeness (QED) is 0.617. The van der Waals surface area contributed by atoms with Crippen LogP contribution < -0.4 is 5.56 Å². The van der Waals surface area contributed by atoms with Crippen molar-refractivity contribution in [2.24, 2.45) is 0 Å². The number of aromatic amines is 1. The average molecular weight is 290 g/mol. The van der Waals surface area contributed by atoms with Crippen molar-refractivity contribution in [2.45, 2.75) is 13.3 Å². The lowest BCUT2D eigenvalue weighted by Gasteiger charge is -2.12. The predicted molar refractivity (Wildman–Crippen MR) is 86.4 cm³/mol. The lowest BCUT2D eigenvalue weighted by atomic mass is 10.2. The minimum Gasteiger partial charge on any atom is -0.278 e. The molecule has 2 aromatic heterocycles. The molecule has 0 bridgehead atoms. The van der Waals surface area contributed by atoms with Crippen LogP contribution in [0.25, 0.3) is 27.5 Å². The summed E-state index contributed by atoms with van der Waals surface area (Å²) in [5.74, 6) is 0.756. The third-order valence-electron chi connectivity index (χ3n) is 3.84. The van der Waals surface area contributed by atoms with Gasteiger partial charge in [-0.3, -0.25) is 14.5 Å². The van der Waals surface area contributed by atoms with Gasteiger partial charge in [0.15, 0.2) is 0 Å². The van der Waals surface area contributed by atoms with E-state index in [4.69, 9.17) is 0 Å². The highest BCUT2D eigenvalue weighted by Crippen LogP contribution is 2.18. The van der Waals surface area contributed by atoms with Crippen molar-refractivity contribution in [3.63, 3.8) is 0 Å². The molecule has 5 heteroatoms. The zero-order valence-electron chi connectivity index (χ0n) is 12.1. The normalized spacial score (nSPS) is 11.3. The molecule has 0 atom stereocenters. The molecule has 1 N–H and O–H groups in total. The zero-order valence-corrected chi connectivity index (χ0v) is 12.1. The molecule has 4 aromatic rings. The van der Waals surface area contributed by atoms with Crippen LogP contribution in [0.4, 0.5) is 0 Å². The molecule has 22 heavy (non-hydrogen) atoms. The number of nitrogens with zero attached hydrogens (tertiary/aromatic N) is 3. The number of para-hydroxylation sites is 1. The van der Waals surface area contributed by atoms with Crippen LogP contribution in [0.15, 0.2) is 53.5 Å². The molecule has 2 heterocycles. The fourth-order valence-corrected chi connectivity index (χ4v) is 2.75. The van der Waals surface area contributed by atoms with E-state index in [0.29, 0.717) is 11.8 Å². The summed E-state index contributed by atoms with van der Waals surface area (Å²) in [6.45, 7) is 2.00. The standard InChI is InChI=1S/C17H14N4O/c1-2-16-19-15-6-4-3-5-13(15)17(22)21(16)12-7-8-14-11(9-12)10-18-20-14/h3-10H,2H2,1H3,(H,18,20). The van der Waals surface area contributed by atoms with Gasteiger partial charge >= 0.3 is 0 Å². The average Bonchev–Trinajstić information content (AvgIpc) is 3.02. The van der Waals surface area contributed by atoms with E-state index in [9.17, 15) is 4.79 Å². The van der Waals surface area contributed by atoms with Gasteiger partial charge in [-0.25, -0.2) is 4.98 Å². The number of rotatable bonds is 2. The molecule has 5 nitrogen and oxygen atoms in total. The minimum absolute atomic E-state index is 0.0368. The monoisotopic (exact) mass is 290 g/mol. The van der Waals surface area contributed by atoms with Gasteiger partial charge in [0.05, 0.1) is 28.3 Å². The second kappa shape index (κ2) is 4.80. The topological polar surface area (TPSA) is 63.6 Å². The fraction of sp³-hybridized carbons (Fsp3) is 0.118. The van der Waals surface area contributed by atoms with Gasteiger partial charge in [0.2, 0.25) is 0 Å². The van der Waals surface area contributed by atoms with E-state index >= 15 is 0 Å². The number of benzene rings is 2. The van der Waals surface area contributed by atoms with E-state index in [-0.39, 0.29) is 5.56 Å². The zero-order chi connectivity index (χ0) is 15.1. The molecular weight excluding hydrogens is 276 g/mol. The SMILES string of the molecule is CCc1nc2ccccc2c(=O)n1-c1ccc2[nH]ncc2c1. The van der Waals surface area contributed by atoms with Crippen molar-refractivity contribution in [1.29, 1.82) is 0 Å². The summed E-state index contributed by atoms with van der Waals surface area (Å²) in [6, 6.07) is 13.2. The lowest BCUT2D eigenvalue weighted by Crippen LogP contribution is -2.23. The molecule has 0 amide bonds. The summed E-state index contributed by atoms with van der Waals surface area (Å²) in [5, 5.41) is 8.54. The Morgan fingerprint density at radius 1 is 1.18 bits per heavy atom. The lowest BCUT2D eigenvalue weighted by molar-refractivity contribution is 0.834. The van der Waals surface area contributed by atoms with Gasteiger partial charge in [-0.2, -0.15) is 5.10 Å². The third-order valence-corrected chi connectivity index (χ3v) is 3.84. The molecule has 0 aliphatic carbocycles. The Morgan fingerprint density at radius 3 is 2.91 bits per heavy atom. The Bertz CT molecular complexity index is 1050. The summed E-state index contributed by atoms with van der Waals surface area (Å²) < 4.78 is 1.69. The van der Waals surface area contributed by atoms with Crippen molar-refractivity contribution >= 4 is 21.8 Å². The Labute approximate surface area is 126 Å².